The molecular weight excluding hydrogens is 256 g/mol. The zero-order valence-corrected chi connectivity index (χ0v) is 11.9. The number of hydrogen-bond acceptors (Lipinski definition) is 5. The summed E-state index contributed by atoms with van der Waals surface area (Å²) in [5.74, 6) is 0.995. The number of nitrogens with zero attached hydrogens (tertiary/aromatic N) is 3. The molecule has 19 heavy (non-hydrogen) atoms. The van der Waals surface area contributed by atoms with Gasteiger partial charge < -0.3 is 5.32 Å². The zero-order valence-electron chi connectivity index (χ0n) is 11.1. The van der Waals surface area contributed by atoms with Crippen LogP contribution in [0.4, 0.5) is 5.82 Å². The van der Waals surface area contributed by atoms with E-state index in [0.29, 0.717) is 0 Å². The number of anilines is 1. The fourth-order valence-electron chi connectivity index (χ4n) is 2.54. The van der Waals surface area contributed by atoms with Crippen LogP contribution in [0.3, 0.4) is 0 Å². The smallest absolute Gasteiger partial charge is 0.133 e. The molecule has 2 heterocycles. The van der Waals surface area contributed by atoms with Crippen LogP contribution in [-0.4, -0.2) is 15.0 Å². The molecule has 0 amide bonds. The second kappa shape index (κ2) is 5.65. The van der Waals surface area contributed by atoms with Crippen molar-refractivity contribution < 1.29 is 0 Å². The van der Waals surface area contributed by atoms with E-state index in [2.05, 4.69) is 27.2 Å². The van der Waals surface area contributed by atoms with Gasteiger partial charge in [0.05, 0.1) is 6.04 Å². The third-order valence-electron chi connectivity index (χ3n) is 3.55. The van der Waals surface area contributed by atoms with Crippen molar-refractivity contribution in [2.24, 2.45) is 0 Å². The van der Waals surface area contributed by atoms with Crippen molar-refractivity contribution in [3.05, 3.63) is 34.2 Å². The summed E-state index contributed by atoms with van der Waals surface area (Å²) in [6, 6.07) is 0.197. The van der Waals surface area contributed by atoms with E-state index in [-0.39, 0.29) is 6.04 Å². The maximum absolute atomic E-state index is 4.45. The molecule has 0 bridgehead atoms. The lowest BCUT2D eigenvalue weighted by molar-refractivity contribution is 0.708. The van der Waals surface area contributed by atoms with E-state index in [4.69, 9.17) is 0 Å². The average molecular weight is 274 g/mol. The van der Waals surface area contributed by atoms with Gasteiger partial charge in [0.25, 0.3) is 0 Å². The van der Waals surface area contributed by atoms with Gasteiger partial charge in [-0.05, 0) is 32.6 Å². The molecule has 0 aromatic carbocycles. The first-order valence-electron chi connectivity index (χ1n) is 6.83. The van der Waals surface area contributed by atoms with Gasteiger partial charge in [0.1, 0.15) is 17.2 Å². The van der Waals surface area contributed by atoms with Gasteiger partial charge in [-0.25, -0.2) is 15.0 Å². The number of fused-ring (bicyclic) bond motifs is 1. The minimum absolute atomic E-state index is 0.197. The summed E-state index contributed by atoms with van der Waals surface area (Å²) in [7, 11) is 0. The van der Waals surface area contributed by atoms with E-state index in [1.807, 2.05) is 11.6 Å². The number of nitrogens with one attached hydrogen (secondary N) is 1. The van der Waals surface area contributed by atoms with E-state index in [9.17, 15) is 0 Å². The molecule has 100 valence electrons. The number of thiazole rings is 1. The van der Waals surface area contributed by atoms with Crippen LogP contribution in [0.1, 0.15) is 48.5 Å². The Morgan fingerprint density at radius 2 is 2.05 bits per heavy atom. The molecule has 1 unspecified atom stereocenters. The van der Waals surface area contributed by atoms with E-state index in [1.165, 1.54) is 30.5 Å². The lowest BCUT2D eigenvalue weighted by Crippen LogP contribution is -2.11. The first-order chi connectivity index (χ1) is 9.34. The zero-order chi connectivity index (χ0) is 13.1. The average Bonchev–Trinajstić information content (AvgIpc) is 2.84. The molecule has 4 nitrogen and oxygen atoms in total. The highest BCUT2D eigenvalue weighted by atomic mass is 32.1. The molecule has 0 spiro atoms. The minimum atomic E-state index is 0.197. The van der Waals surface area contributed by atoms with Crippen molar-refractivity contribution >= 4 is 17.2 Å². The molecule has 0 aliphatic heterocycles. The van der Waals surface area contributed by atoms with Gasteiger partial charge in [0, 0.05) is 22.8 Å². The van der Waals surface area contributed by atoms with Crippen LogP contribution in [0.5, 0.6) is 0 Å². The van der Waals surface area contributed by atoms with Gasteiger partial charge in [0.2, 0.25) is 0 Å². The normalized spacial score (nSPS) is 16.5. The fourth-order valence-corrected chi connectivity index (χ4v) is 3.18. The highest BCUT2D eigenvalue weighted by Gasteiger charge is 2.16. The largest absolute Gasteiger partial charge is 0.361 e. The summed E-state index contributed by atoms with van der Waals surface area (Å²) >= 11 is 1.67. The van der Waals surface area contributed by atoms with Crippen LogP contribution in [-0.2, 0) is 12.8 Å². The van der Waals surface area contributed by atoms with Crippen LogP contribution in [0.15, 0.2) is 17.9 Å². The quantitative estimate of drug-likeness (QED) is 0.872. The molecule has 0 fully saturated rings. The predicted molar refractivity (Wildman–Crippen MR) is 77.4 cm³/mol. The summed E-state index contributed by atoms with van der Waals surface area (Å²) in [4.78, 5) is 13.2. The van der Waals surface area contributed by atoms with Crippen molar-refractivity contribution in [3.8, 4) is 0 Å². The molecule has 5 heteroatoms. The first kappa shape index (κ1) is 12.5. The molecule has 0 radical (unpaired) electrons. The van der Waals surface area contributed by atoms with Crippen molar-refractivity contribution in [2.45, 2.75) is 45.1 Å². The summed E-state index contributed by atoms with van der Waals surface area (Å²) in [6.45, 7) is 2.13. The molecule has 1 N–H and O–H groups in total. The van der Waals surface area contributed by atoms with Crippen molar-refractivity contribution in [1.82, 2.24) is 15.0 Å². The number of rotatable bonds is 3. The van der Waals surface area contributed by atoms with E-state index < -0.39 is 0 Å². The number of aryl methyl sites for hydroxylation is 1. The Morgan fingerprint density at radius 3 is 2.89 bits per heavy atom. The van der Waals surface area contributed by atoms with Crippen LogP contribution in [0.2, 0.25) is 0 Å². The summed E-state index contributed by atoms with van der Waals surface area (Å²) in [6.07, 6.45) is 9.46. The van der Waals surface area contributed by atoms with Gasteiger partial charge in [-0.2, -0.15) is 0 Å². The molecule has 1 aliphatic carbocycles. The van der Waals surface area contributed by atoms with E-state index in [0.717, 1.165) is 23.7 Å². The topological polar surface area (TPSA) is 50.7 Å². The summed E-state index contributed by atoms with van der Waals surface area (Å²) in [5, 5.41) is 6.60. The minimum Gasteiger partial charge on any atom is -0.361 e. The highest BCUT2D eigenvalue weighted by molar-refractivity contribution is 7.09. The molecule has 2 aromatic rings. The molecule has 2 aromatic heterocycles. The van der Waals surface area contributed by atoms with Crippen molar-refractivity contribution in [3.63, 3.8) is 0 Å². The Hall–Kier alpha value is -1.49. The monoisotopic (exact) mass is 274 g/mol. The van der Waals surface area contributed by atoms with Gasteiger partial charge >= 0.3 is 0 Å². The van der Waals surface area contributed by atoms with Gasteiger partial charge in [-0.1, -0.05) is 6.42 Å². The first-order valence-corrected chi connectivity index (χ1v) is 7.71. The maximum atomic E-state index is 4.45. The molecule has 3 rings (SSSR count). The highest BCUT2D eigenvalue weighted by Crippen LogP contribution is 2.27. The molecular formula is C14H18N4S. The standard InChI is InChI=1S/C14H18N4S/c1-10(14-15-7-8-19-14)18-13-11-5-3-2-4-6-12(11)16-9-17-13/h7-10H,2-6H2,1H3,(H,16,17,18). The summed E-state index contributed by atoms with van der Waals surface area (Å²) < 4.78 is 0. The van der Waals surface area contributed by atoms with Gasteiger partial charge in [-0.15, -0.1) is 11.3 Å². The Kier molecular flexibility index (Phi) is 3.73. The van der Waals surface area contributed by atoms with Gasteiger partial charge in [0.15, 0.2) is 0 Å². The Morgan fingerprint density at radius 1 is 1.16 bits per heavy atom. The van der Waals surface area contributed by atoms with Gasteiger partial charge in [-0.3, -0.25) is 0 Å². The van der Waals surface area contributed by atoms with E-state index in [1.54, 1.807) is 17.7 Å². The molecule has 1 aliphatic rings. The predicted octanol–water partition coefficient (Wildman–Crippen LogP) is 3.38. The molecule has 0 saturated carbocycles. The third kappa shape index (κ3) is 2.76. The van der Waals surface area contributed by atoms with Crippen LogP contribution < -0.4 is 5.32 Å². The second-order valence-corrected chi connectivity index (χ2v) is 5.87. The SMILES string of the molecule is CC(Nc1ncnc2c1CCCCC2)c1nccs1. The summed E-state index contributed by atoms with van der Waals surface area (Å²) in [5.41, 5.74) is 2.53. The van der Waals surface area contributed by atoms with Crippen LogP contribution in [0.25, 0.3) is 0 Å². The lowest BCUT2D eigenvalue weighted by Gasteiger charge is -2.16. The second-order valence-electron chi connectivity index (χ2n) is 4.94. The molecule has 0 saturated heterocycles. The number of hydrogen-bond donors (Lipinski definition) is 1. The van der Waals surface area contributed by atoms with Crippen LogP contribution in [0, 0.1) is 0 Å². The van der Waals surface area contributed by atoms with E-state index >= 15 is 0 Å². The maximum Gasteiger partial charge on any atom is 0.133 e. The van der Waals surface area contributed by atoms with Crippen molar-refractivity contribution in [2.75, 3.05) is 5.32 Å². The van der Waals surface area contributed by atoms with Crippen LogP contribution >= 0.6 is 11.3 Å². The Bertz CT molecular complexity index is 538. The number of aromatic nitrogens is 3. The fraction of sp³-hybridized carbons (Fsp3) is 0.500. The van der Waals surface area contributed by atoms with Crippen molar-refractivity contribution in [1.29, 1.82) is 0 Å². The lowest BCUT2D eigenvalue weighted by atomic mass is 10.1. The third-order valence-corrected chi connectivity index (χ3v) is 4.51. The Balaban J connectivity index is 1.85. The Labute approximate surface area is 117 Å². The molecule has 1 atom stereocenters.